The second-order valence-electron chi connectivity index (χ2n) is 5.20. The lowest BCUT2D eigenvalue weighted by Gasteiger charge is -2.09. The zero-order valence-electron chi connectivity index (χ0n) is 13.1. The Morgan fingerprint density at radius 2 is 1.83 bits per heavy atom. The van der Waals surface area contributed by atoms with Gasteiger partial charge in [-0.3, -0.25) is 0 Å². The Kier molecular flexibility index (Phi) is 4.64. The molecule has 0 unspecified atom stereocenters. The first-order chi connectivity index (χ1) is 11.7. The molecule has 0 radical (unpaired) electrons. The summed E-state index contributed by atoms with van der Waals surface area (Å²) in [6.45, 7) is 2.97. The smallest absolute Gasteiger partial charge is 0.190 e. The molecule has 0 aliphatic rings. The van der Waals surface area contributed by atoms with Crippen molar-refractivity contribution < 1.29 is 9.13 Å². The Morgan fingerprint density at radius 1 is 1.08 bits per heavy atom. The standard InChI is InChI=1S/C18H15FN4O/c1-2-24-11-12-7-14(13-3-5-16(19)6-4-13)9-15(8-12)18-17(10-20)21-23-22-18/h3-9H,2,11H2,1H3,(H,21,22,23). The molecule has 2 aromatic carbocycles. The third kappa shape index (κ3) is 3.31. The molecule has 0 aliphatic heterocycles. The van der Waals surface area contributed by atoms with Gasteiger partial charge in [-0.15, -0.1) is 5.10 Å². The van der Waals surface area contributed by atoms with Crippen molar-refractivity contribution >= 4 is 0 Å². The van der Waals surface area contributed by atoms with Gasteiger partial charge in [-0.2, -0.15) is 15.6 Å². The van der Waals surface area contributed by atoms with E-state index in [0.717, 1.165) is 22.3 Å². The zero-order valence-corrected chi connectivity index (χ0v) is 13.1. The molecule has 3 rings (SSSR count). The minimum atomic E-state index is -0.285. The SMILES string of the molecule is CCOCc1cc(-c2ccc(F)cc2)cc(-c2n[nH]nc2C#N)c1. The molecular weight excluding hydrogens is 307 g/mol. The summed E-state index contributed by atoms with van der Waals surface area (Å²) in [6.07, 6.45) is 0. The molecule has 0 amide bonds. The van der Waals surface area contributed by atoms with Crippen molar-refractivity contribution in [3.63, 3.8) is 0 Å². The van der Waals surface area contributed by atoms with Crippen LogP contribution in [0.25, 0.3) is 22.4 Å². The molecule has 0 spiro atoms. The number of ether oxygens (including phenoxy) is 1. The van der Waals surface area contributed by atoms with E-state index in [-0.39, 0.29) is 11.5 Å². The summed E-state index contributed by atoms with van der Waals surface area (Å²) in [5, 5.41) is 19.5. The molecule has 24 heavy (non-hydrogen) atoms. The molecule has 6 heteroatoms. The van der Waals surface area contributed by atoms with Crippen LogP contribution in [0, 0.1) is 17.1 Å². The maximum Gasteiger partial charge on any atom is 0.190 e. The lowest BCUT2D eigenvalue weighted by Crippen LogP contribution is -1.94. The number of rotatable bonds is 5. The highest BCUT2D eigenvalue weighted by Gasteiger charge is 2.13. The fourth-order valence-electron chi connectivity index (χ4n) is 2.45. The molecule has 0 atom stereocenters. The number of halogens is 1. The fraction of sp³-hybridized carbons (Fsp3) is 0.167. The maximum atomic E-state index is 13.2. The van der Waals surface area contributed by atoms with Gasteiger partial charge in [0.25, 0.3) is 0 Å². The Morgan fingerprint density at radius 3 is 2.54 bits per heavy atom. The maximum absolute atomic E-state index is 13.2. The van der Waals surface area contributed by atoms with E-state index in [1.807, 2.05) is 31.2 Å². The van der Waals surface area contributed by atoms with Crippen LogP contribution in [-0.4, -0.2) is 22.0 Å². The van der Waals surface area contributed by atoms with Crippen molar-refractivity contribution in [1.29, 1.82) is 5.26 Å². The second kappa shape index (κ2) is 7.02. The zero-order chi connectivity index (χ0) is 16.9. The summed E-state index contributed by atoms with van der Waals surface area (Å²) in [6, 6.07) is 14.1. The predicted octanol–water partition coefficient (Wildman–Crippen LogP) is 3.69. The van der Waals surface area contributed by atoms with Crippen LogP contribution in [0.4, 0.5) is 4.39 Å². The van der Waals surface area contributed by atoms with Crippen LogP contribution < -0.4 is 0 Å². The van der Waals surface area contributed by atoms with Crippen LogP contribution in [0.3, 0.4) is 0 Å². The highest BCUT2D eigenvalue weighted by molar-refractivity contribution is 5.74. The minimum Gasteiger partial charge on any atom is -0.377 e. The third-order valence-corrected chi connectivity index (χ3v) is 3.57. The minimum absolute atomic E-state index is 0.230. The van der Waals surface area contributed by atoms with Gasteiger partial charge in [0.2, 0.25) is 0 Å². The predicted molar refractivity (Wildman–Crippen MR) is 87.3 cm³/mol. The van der Waals surface area contributed by atoms with Gasteiger partial charge < -0.3 is 4.74 Å². The average molecular weight is 322 g/mol. The monoisotopic (exact) mass is 322 g/mol. The summed E-state index contributed by atoms with van der Waals surface area (Å²) in [5.74, 6) is -0.285. The van der Waals surface area contributed by atoms with Crippen molar-refractivity contribution in [3.05, 3.63) is 59.5 Å². The molecule has 1 N–H and O–H groups in total. The molecule has 0 bridgehead atoms. The molecule has 5 nitrogen and oxygen atoms in total. The van der Waals surface area contributed by atoms with Crippen LogP contribution >= 0.6 is 0 Å². The van der Waals surface area contributed by atoms with Gasteiger partial charge in [0.1, 0.15) is 17.6 Å². The van der Waals surface area contributed by atoms with Gasteiger partial charge in [0.15, 0.2) is 5.69 Å². The lowest BCUT2D eigenvalue weighted by atomic mass is 9.98. The molecule has 0 fully saturated rings. The number of nitriles is 1. The van der Waals surface area contributed by atoms with E-state index < -0.39 is 0 Å². The van der Waals surface area contributed by atoms with E-state index >= 15 is 0 Å². The van der Waals surface area contributed by atoms with Crippen LogP contribution in [-0.2, 0) is 11.3 Å². The fourth-order valence-corrected chi connectivity index (χ4v) is 2.45. The van der Waals surface area contributed by atoms with Crippen molar-refractivity contribution in [2.75, 3.05) is 6.61 Å². The second-order valence-corrected chi connectivity index (χ2v) is 5.20. The van der Waals surface area contributed by atoms with Crippen LogP contribution in [0.1, 0.15) is 18.2 Å². The Bertz CT molecular complexity index is 881. The van der Waals surface area contributed by atoms with E-state index in [2.05, 4.69) is 15.4 Å². The quantitative estimate of drug-likeness (QED) is 0.777. The number of hydrogen-bond acceptors (Lipinski definition) is 4. The average Bonchev–Trinajstić information content (AvgIpc) is 3.09. The van der Waals surface area contributed by atoms with Gasteiger partial charge in [0.05, 0.1) is 6.61 Å². The number of aromatic nitrogens is 3. The number of H-pyrrole nitrogens is 1. The van der Waals surface area contributed by atoms with E-state index in [0.29, 0.717) is 18.9 Å². The van der Waals surface area contributed by atoms with Gasteiger partial charge in [0, 0.05) is 12.2 Å². The number of nitrogens with zero attached hydrogens (tertiary/aromatic N) is 3. The molecule has 3 aromatic rings. The summed E-state index contributed by atoms with van der Waals surface area (Å²) < 4.78 is 18.7. The number of nitrogens with one attached hydrogen (secondary N) is 1. The Labute approximate surface area is 138 Å². The van der Waals surface area contributed by atoms with Gasteiger partial charge >= 0.3 is 0 Å². The van der Waals surface area contributed by atoms with Gasteiger partial charge in [-0.05, 0) is 53.9 Å². The van der Waals surface area contributed by atoms with Gasteiger partial charge in [-0.25, -0.2) is 4.39 Å². The van der Waals surface area contributed by atoms with Crippen molar-refractivity contribution in [1.82, 2.24) is 15.4 Å². The topological polar surface area (TPSA) is 74.6 Å². The van der Waals surface area contributed by atoms with E-state index in [1.54, 1.807) is 12.1 Å². The third-order valence-electron chi connectivity index (χ3n) is 3.57. The molecular formula is C18H15FN4O. The number of hydrogen-bond donors (Lipinski definition) is 1. The van der Waals surface area contributed by atoms with Crippen LogP contribution in [0.5, 0.6) is 0 Å². The summed E-state index contributed by atoms with van der Waals surface area (Å²) >= 11 is 0. The first-order valence-electron chi connectivity index (χ1n) is 7.50. The van der Waals surface area contributed by atoms with E-state index in [9.17, 15) is 4.39 Å². The summed E-state index contributed by atoms with van der Waals surface area (Å²) in [4.78, 5) is 0. The summed E-state index contributed by atoms with van der Waals surface area (Å²) in [5.41, 5.74) is 4.19. The molecule has 1 heterocycles. The molecule has 1 aromatic heterocycles. The largest absolute Gasteiger partial charge is 0.377 e. The lowest BCUT2D eigenvalue weighted by molar-refractivity contribution is 0.134. The van der Waals surface area contributed by atoms with Crippen LogP contribution in [0.2, 0.25) is 0 Å². The molecule has 0 saturated heterocycles. The molecule has 0 aliphatic carbocycles. The van der Waals surface area contributed by atoms with E-state index in [4.69, 9.17) is 10.00 Å². The van der Waals surface area contributed by atoms with Gasteiger partial charge in [-0.1, -0.05) is 12.1 Å². The first kappa shape index (κ1) is 15.8. The summed E-state index contributed by atoms with van der Waals surface area (Å²) in [7, 11) is 0. The van der Waals surface area contributed by atoms with Crippen molar-refractivity contribution in [3.8, 4) is 28.5 Å². The molecule has 120 valence electrons. The highest BCUT2D eigenvalue weighted by atomic mass is 19.1. The van der Waals surface area contributed by atoms with Crippen molar-refractivity contribution in [2.45, 2.75) is 13.5 Å². The number of benzene rings is 2. The number of aromatic amines is 1. The normalized spacial score (nSPS) is 10.5. The Hall–Kier alpha value is -3.04. The van der Waals surface area contributed by atoms with E-state index in [1.165, 1.54) is 12.1 Å². The Balaban J connectivity index is 2.10. The molecule has 0 saturated carbocycles. The van der Waals surface area contributed by atoms with Crippen molar-refractivity contribution in [2.24, 2.45) is 0 Å². The van der Waals surface area contributed by atoms with Crippen LogP contribution in [0.15, 0.2) is 42.5 Å². The highest BCUT2D eigenvalue weighted by Crippen LogP contribution is 2.29. The first-order valence-corrected chi connectivity index (χ1v) is 7.50.